The van der Waals surface area contributed by atoms with Crippen molar-refractivity contribution in [2.24, 2.45) is 5.92 Å². The molecule has 0 aliphatic carbocycles. The van der Waals surface area contributed by atoms with Gasteiger partial charge in [-0.05, 0) is 26.7 Å². The maximum absolute atomic E-state index is 9.89. The number of aliphatic hydroxyl groups is 3. The minimum Gasteiger partial charge on any atom is -0.395 e. The van der Waals surface area contributed by atoms with Crippen LogP contribution < -0.4 is 0 Å². The molecule has 90 valence electrons. The van der Waals surface area contributed by atoms with Crippen molar-refractivity contribution in [1.82, 2.24) is 4.90 Å². The standard InChI is InChI=1S/C11H23NO3/c1-7-5-12(11(2,3)4)8(6-13)10(15)9(7)14/h7-10,13-15H,5-6H2,1-4H3/t7-,8-,9+,10+/m0/s1. The molecule has 0 aromatic heterocycles. The van der Waals surface area contributed by atoms with E-state index in [1.165, 1.54) is 0 Å². The molecular formula is C11H23NO3. The zero-order chi connectivity index (χ0) is 11.8. The van der Waals surface area contributed by atoms with Gasteiger partial charge in [-0.15, -0.1) is 0 Å². The van der Waals surface area contributed by atoms with Gasteiger partial charge in [0.1, 0.15) is 0 Å². The van der Waals surface area contributed by atoms with Crippen LogP contribution in [0.3, 0.4) is 0 Å². The van der Waals surface area contributed by atoms with Crippen LogP contribution in [0.15, 0.2) is 0 Å². The molecular weight excluding hydrogens is 194 g/mol. The Morgan fingerprint density at radius 3 is 2.13 bits per heavy atom. The first-order valence-corrected chi connectivity index (χ1v) is 5.52. The summed E-state index contributed by atoms with van der Waals surface area (Å²) < 4.78 is 0. The fourth-order valence-electron chi connectivity index (χ4n) is 2.28. The first-order valence-electron chi connectivity index (χ1n) is 5.52. The molecule has 4 atom stereocenters. The van der Waals surface area contributed by atoms with Crippen molar-refractivity contribution in [3.63, 3.8) is 0 Å². The van der Waals surface area contributed by atoms with Gasteiger partial charge in [-0.1, -0.05) is 6.92 Å². The highest BCUT2D eigenvalue weighted by Crippen LogP contribution is 2.28. The fourth-order valence-corrected chi connectivity index (χ4v) is 2.28. The molecule has 0 unspecified atom stereocenters. The van der Waals surface area contributed by atoms with Gasteiger partial charge in [-0.25, -0.2) is 0 Å². The van der Waals surface area contributed by atoms with E-state index in [9.17, 15) is 15.3 Å². The summed E-state index contributed by atoms with van der Waals surface area (Å²) in [7, 11) is 0. The quantitative estimate of drug-likeness (QED) is 0.570. The minimum absolute atomic E-state index is 0.0297. The third-order valence-corrected chi connectivity index (χ3v) is 3.26. The van der Waals surface area contributed by atoms with E-state index in [1.807, 2.05) is 27.7 Å². The molecule has 3 N–H and O–H groups in total. The Morgan fingerprint density at radius 1 is 1.20 bits per heavy atom. The predicted octanol–water partition coefficient (Wildman–Crippen LogP) is -0.181. The number of piperidine rings is 1. The van der Waals surface area contributed by atoms with Crippen molar-refractivity contribution in [2.75, 3.05) is 13.2 Å². The van der Waals surface area contributed by atoms with Crippen molar-refractivity contribution < 1.29 is 15.3 Å². The van der Waals surface area contributed by atoms with Crippen molar-refractivity contribution in [3.8, 4) is 0 Å². The fraction of sp³-hybridized carbons (Fsp3) is 1.00. The molecule has 1 heterocycles. The van der Waals surface area contributed by atoms with Crippen molar-refractivity contribution >= 4 is 0 Å². The van der Waals surface area contributed by atoms with Crippen LogP contribution in [0, 0.1) is 5.92 Å². The summed E-state index contributed by atoms with van der Waals surface area (Å²) in [4.78, 5) is 2.06. The molecule has 4 nitrogen and oxygen atoms in total. The predicted molar refractivity (Wildman–Crippen MR) is 58.5 cm³/mol. The maximum atomic E-state index is 9.89. The Balaban J connectivity index is 2.87. The van der Waals surface area contributed by atoms with E-state index in [0.29, 0.717) is 6.54 Å². The van der Waals surface area contributed by atoms with E-state index in [1.54, 1.807) is 0 Å². The van der Waals surface area contributed by atoms with Gasteiger partial charge < -0.3 is 15.3 Å². The van der Waals surface area contributed by atoms with Gasteiger partial charge in [0.05, 0.1) is 24.9 Å². The van der Waals surface area contributed by atoms with Gasteiger partial charge in [0.15, 0.2) is 0 Å². The maximum Gasteiger partial charge on any atom is 0.0979 e. The van der Waals surface area contributed by atoms with Gasteiger partial charge >= 0.3 is 0 Å². The highest BCUT2D eigenvalue weighted by molar-refractivity contribution is 4.96. The third-order valence-electron chi connectivity index (χ3n) is 3.26. The van der Waals surface area contributed by atoms with Crippen LogP contribution in [0.4, 0.5) is 0 Å². The van der Waals surface area contributed by atoms with E-state index in [-0.39, 0.29) is 24.1 Å². The summed E-state index contributed by atoms with van der Waals surface area (Å²) in [6.07, 6.45) is -1.60. The van der Waals surface area contributed by atoms with Gasteiger partial charge in [0, 0.05) is 12.1 Å². The van der Waals surface area contributed by atoms with E-state index in [0.717, 1.165) is 0 Å². The molecule has 0 bridgehead atoms. The first-order chi connectivity index (χ1) is 6.79. The molecule has 0 saturated carbocycles. The van der Waals surface area contributed by atoms with Crippen LogP contribution in [0.2, 0.25) is 0 Å². The average Bonchev–Trinajstić information content (AvgIpc) is 2.12. The molecule has 0 amide bonds. The molecule has 15 heavy (non-hydrogen) atoms. The molecule has 0 radical (unpaired) electrons. The summed E-state index contributed by atoms with van der Waals surface area (Å²) in [5.74, 6) is 0.0297. The highest BCUT2D eigenvalue weighted by Gasteiger charge is 2.43. The summed E-state index contributed by atoms with van der Waals surface area (Å²) in [5, 5.41) is 28.9. The Morgan fingerprint density at radius 2 is 1.73 bits per heavy atom. The smallest absolute Gasteiger partial charge is 0.0979 e. The second-order valence-electron chi connectivity index (χ2n) is 5.53. The molecule has 1 aliphatic heterocycles. The van der Waals surface area contributed by atoms with Gasteiger partial charge in [0.25, 0.3) is 0 Å². The Kier molecular flexibility index (Phi) is 3.76. The van der Waals surface area contributed by atoms with Crippen molar-refractivity contribution in [2.45, 2.75) is 51.5 Å². The summed E-state index contributed by atoms with van der Waals surface area (Å²) in [5.41, 5.74) is -0.108. The van der Waals surface area contributed by atoms with Gasteiger partial charge in [-0.2, -0.15) is 0 Å². The zero-order valence-electron chi connectivity index (χ0n) is 10.0. The summed E-state index contributed by atoms with van der Waals surface area (Å²) in [6.45, 7) is 8.64. The third kappa shape index (κ3) is 2.50. The first kappa shape index (κ1) is 12.9. The lowest BCUT2D eigenvalue weighted by atomic mass is 9.85. The molecule has 0 aromatic rings. The molecule has 1 saturated heterocycles. The Bertz CT molecular complexity index is 214. The van der Waals surface area contributed by atoms with E-state index >= 15 is 0 Å². The van der Waals surface area contributed by atoms with Gasteiger partial charge in [0.2, 0.25) is 0 Å². The summed E-state index contributed by atoms with van der Waals surface area (Å²) in [6, 6.07) is -0.365. The van der Waals surface area contributed by atoms with E-state index in [2.05, 4.69) is 4.90 Å². The second-order valence-corrected chi connectivity index (χ2v) is 5.53. The van der Waals surface area contributed by atoms with Crippen LogP contribution >= 0.6 is 0 Å². The van der Waals surface area contributed by atoms with Crippen LogP contribution in [0.1, 0.15) is 27.7 Å². The van der Waals surface area contributed by atoms with Gasteiger partial charge in [-0.3, -0.25) is 4.90 Å². The topological polar surface area (TPSA) is 63.9 Å². The molecule has 0 spiro atoms. The number of likely N-dealkylation sites (tertiary alicyclic amines) is 1. The normalized spacial score (nSPS) is 39.4. The molecule has 1 rings (SSSR count). The van der Waals surface area contributed by atoms with Crippen LogP contribution in [0.5, 0.6) is 0 Å². The van der Waals surface area contributed by atoms with Crippen LogP contribution in [-0.4, -0.2) is 57.2 Å². The van der Waals surface area contributed by atoms with Crippen molar-refractivity contribution in [3.05, 3.63) is 0 Å². The molecule has 1 aliphatic rings. The summed E-state index contributed by atoms with van der Waals surface area (Å²) >= 11 is 0. The average molecular weight is 217 g/mol. The van der Waals surface area contributed by atoms with Crippen molar-refractivity contribution in [1.29, 1.82) is 0 Å². The SMILES string of the molecule is C[C@H]1CN(C(C)(C)C)[C@@H](CO)[C@@H](O)[C@@H]1O. The lowest BCUT2D eigenvalue weighted by Gasteiger charge is -2.50. The lowest BCUT2D eigenvalue weighted by molar-refractivity contribution is -0.136. The highest BCUT2D eigenvalue weighted by atomic mass is 16.3. The number of nitrogens with zero attached hydrogens (tertiary/aromatic N) is 1. The van der Waals surface area contributed by atoms with Crippen LogP contribution in [0.25, 0.3) is 0 Å². The molecule has 4 heteroatoms. The Labute approximate surface area is 91.5 Å². The molecule has 1 fully saturated rings. The number of aliphatic hydroxyl groups excluding tert-OH is 3. The largest absolute Gasteiger partial charge is 0.395 e. The number of rotatable bonds is 1. The Hall–Kier alpha value is -0.160. The van der Waals surface area contributed by atoms with E-state index < -0.39 is 12.2 Å². The second kappa shape index (κ2) is 4.37. The molecule has 0 aromatic carbocycles. The monoisotopic (exact) mass is 217 g/mol. The number of hydrogen-bond donors (Lipinski definition) is 3. The van der Waals surface area contributed by atoms with Crippen LogP contribution in [-0.2, 0) is 0 Å². The van der Waals surface area contributed by atoms with E-state index in [4.69, 9.17) is 0 Å². The lowest BCUT2D eigenvalue weighted by Crippen LogP contribution is -2.64. The number of hydrogen-bond acceptors (Lipinski definition) is 4. The minimum atomic E-state index is -0.863. The zero-order valence-corrected chi connectivity index (χ0v) is 10.0.